The summed E-state index contributed by atoms with van der Waals surface area (Å²) in [6, 6.07) is 4.39. The molecular weight excluding hydrogens is 250 g/mol. The lowest BCUT2D eigenvalue weighted by molar-refractivity contribution is 0.353. The SMILES string of the molecule is CCn1nc(C)c(-c2cc(CN)c3c(c2)CCO3)c1C. The van der Waals surface area contributed by atoms with Crippen LogP contribution in [-0.2, 0) is 19.5 Å². The van der Waals surface area contributed by atoms with Gasteiger partial charge in [-0.2, -0.15) is 5.10 Å². The van der Waals surface area contributed by atoms with E-state index in [1.807, 2.05) is 0 Å². The number of hydrogen-bond acceptors (Lipinski definition) is 3. The molecule has 4 nitrogen and oxygen atoms in total. The average Bonchev–Trinajstić information content (AvgIpc) is 3.02. The lowest BCUT2D eigenvalue weighted by atomic mass is 9.97. The van der Waals surface area contributed by atoms with Gasteiger partial charge in [-0.3, -0.25) is 4.68 Å². The average molecular weight is 271 g/mol. The first-order chi connectivity index (χ1) is 9.65. The molecule has 1 aliphatic heterocycles. The molecule has 0 spiro atoms. The van der Waals surface area contributed by atoms with Gasteiger partial charge in [0.2, 0.25) is 0 Å². The number of rotatable bonds is 3. The maximum Gasteiger partial charge on any atom is 0.127 e. The summed E-state index contributed by atoms with van der Waals surface area (Å²) in [6.45, 7) is 8.48. The molecule has 4 heteroatoms. The fourth-order valence-corrected chi connectivity index (χ4v) is 3.11. The number of ether oxygens (including phenoxy) is 1. The molecule has 2 heterocycles. The van der Waals surface area contributed by atoms with E-state index in [0.29, 0.717) is 6.54 Å². The molecule has 0 saturated carbocycles. The molecule has 3 rings (SSSR count). The highest BCUT2D eigenvalue weighted by molar-refractivity contribution is 5.72. The van der Waals surface area contributed by atoms with Gasteiger partial charge < -0.3 is 10.5 Å². The van der Waals surface area contributed by atoms with E-state index in [1.165, 1.54) is 22.4 Å². The molecule has 0 radical (unpaired) electrons. The van der Waals surface area contributed by atoms with Crippen LogP contribution in [0.25, 0.3) is 11.1 Å². The number of aromatic nitrogens is 2. The highest BCUT2D eigenvalue weighted by Gasteiger charge is 2.20. The Labute approximate surface area is 119 Å². The van der Waals surface area contributed by atoms with E-state index in [0.717, 1.165) is 36.6 Å². The monoisotopic (exact) mass is 271 g/mol. The summed E-state index contributed by atoms with van der Waals surface area (Å²) in [6.07, 6.45) is 0.968. The van der Waals surface area contributed by atoms with Crippen LogP contribution >= 0.6 is 0 Å². The highest BCUT2D eigenvalue weighted by Crippen LogP contribution is 2.36. The molecule has 0 unspecified atom stereocenters. The van der Waals surface area contributed by atoms with Gasteiger partial charge in [0.05, 0.1) is 12.3 Å². The van der Waals surface area contributed by atoms with E-state index in [-0.39, 0.29) is 0 Å². The smallest absolute Gasteiger partial charge is 0.127 e. The summed E-state index contributed by atoms with van der Waals surface area (Å²) in [7, 11) is 0. The maximum atomic E-state index is 5.88. The fraction of sp³-hybridized carbons (Fsp3) is 0.438. The van der Waals surface area contributed by atoms with Gasteiger partial charge in [-0.1, -0.05) is 0 Å². The molecule has 1 aliphatic rings. The Hall–Kier alpha value is -1.81. The van der Waals surface area contributed by atoms with Gasteiger partial charge in [-0.05, 0) is 44.0 Å². The number of benzene rings is 1. The molecule has 2 N–H and O–H groups in total. The van der Waals surface area contributed by atoms with Gasteiger partial charge in [0.15, 0.2) is 0 Å². The van der Waals surface area contributed by atoms with Crippen molar-refractivity contribution in [1.29, 1.82) is 0 Å². The summed E-state index contributed by atoms with van der Waals surface area (Å²) in [5, 5.41) is 4.61. The topological polar surface area (TPSA) is 53.1 Å². The first-order valence-electron chi connectivity index (χ1n) is 7.18. The molecule has 106 valence electrons. The Kier molecular flexibility index (Phi) is 3.26. The van der Waals surface area contributed by atoms with E-state index in [2.05, 4.69) is 42.7 Å². The van der Waals surface area contributed by atoms with Crippen molar-refractivity contribution in [2.24, 2.45) is 5.73 Å². The molecule has 0 amide bonds. The number of fused-ring (bicyclic) bond motifs is 1. The zero-order valence-corrected chi connectivity index (χ0v) is 12.4. The van der Waals surface area contributed by atoms with Crippen molar-refractivity contribution >= 4 is 0 Å². The van der Waals surface area contributed by atoms with Gasteiger partial charge in [0.25, 0.3) is 0 Å². The third-order valence-corrected chi connectivity index (χ3v) is 4.05. The number of aryl methyl sites for hydroxylation is 2. The second kappa shape index (κ2) is 4.94. The van der Waals surface area contributed by atoms with E-state index in [1.54, 1.807) is 0 Å². The van der Waals surface area contributed by atoms with Crippen LogP contribution in [0.4, 0.5) is 0 Å². The van der Waals surface area contributed by atoms with Crippen LogP contribution in [0.15, 0.2) is 12.1 Å². The molecule has 0 aliphatic carbocycles. The van der Waals surface area contributed by atoms with Gasteiger partial charge in [0.1, 0.15) is 5.75 Å². The fourth-order valence-electron chi connectivity index (χ4n) is 3.11. The predicted molar refractivity (Wildman–Crippen MR) is 79.9 cm³/mol. The first kappa shape index (κ1) is 13.2. The minimum atomic E-state index is 0.510. The van der Waals surface area contributed by atoms with Crippen molar-refractivity contribution in [3.63, 3.8) is 0 Å². The molecule has 1 aromatic heterocycles. The summed E-state index contributed by atoms with van der Waals surface area (Å²) in [5.41, 5.74) is 13.0. The molecule has 1 aromatic carbocycles. The zero-order chi connectivity index (χ0) is 14.3. The summed E-state index contributed by atoms with van der Waals surface area (Å²) in [5.74, 6) is 0.995. The normalized spacial score (nSPS) is 13.4. The van der Waals surface area contributed by atoms with Crippen LogP contribution in [0.3, 0.4) is 0 Å². The first-order valence-corrected chi connectivity index (χ1v) is 7.18. The van der Waals surface area contributed by atoms with Crippen LogP contribution in [0, 0.1) is 13.8 Å². The Balaban J connectivity index is 2.18. The van der Waals surface area contributed by atoms with Crippen molar-refractivity contribution in [2.45, 2.75) is 40.3 Å². The van der Waals surface area contributed by atoms with Crippen LogP contribution in [0.2, 0.25) is 0 Å². The molecule has 20 heavy (non-hydrogen) atoms. The lowest BCUT2D eigenvalue weighted by Crippen LogP contribution is -2.01. The number of nitrogens with two attached hydrogens (primary N) is 1. The van der Waals surface area contributed by atoms with Gasteiger partial charge in [-0.15, -0.1) is 0 Å². The van der Waals surface area contributed by atoms with E-state index in [9.17, 15) is 0 Å². The number of nitrogens with zero attached hydrogens (tertiary/aromatic N) is 2. The summed E-state index contributed by atoms with van der Waals surface area (Å²) >= 11 is 0. The third-order valence-electron chi connectivity index (χ3n) is 4.05. The largest absolute Gasteiger partial charge is 0.493 e. The van der Waals surface area contributed by atoms with Crippen LogP contribution < -0.4 is 10.5 Å². The van der Waals surface area contributed by atoms with Crippen LogP contribution in [0.1, 0.15) is 29.4 Å². The third kappa shape index (κ3) is 1.91. The quantitative estimate of drug-likeness (QED) is 0.933. The molecule has 0 atom stereocenters. The van der Waals surface area contributed by atoms with Crippen molar-refractivity contribution in [3.8, 4) is 16.9 Å². The van der Waals surface area contributed by atoms with Crippen molar-refractivity contribution in [1.82, 2.24) is 9.78 Å². The van der Waals surface area contributed by atoms with Crippen LogP contribution in [0.5, 0.6) is 5.75 Å². The van der Waals surface area contributed by atoms with E-state index in [4.69, 9.17) is 10.5 Å². The minimum Gasteiger partial charge on any atom is -0.493 e. The van der Waals surface area contributed by atoms with Gasteiger partial charge in [0, 0.05) is 36.3 Å². The Morgan fingerprint density at radius 2 is 2.15 bits per heavy atom. The highest BCUT2D eigenvalue weighted by atomic mass is 16.5. The van der Waals surface area contributed by atoms with Crippen LogP contribution in [-0.4, -0.2) is 16.4 Å². The minimum absolute atomic E-state index is 0.510. The second-order valence-electron chi connectivity index (χ2n) is 5.29. The van der Waals surface area contributed by atoms with Crippen molar-refractivity contribution in [3.05, 3.63) is 34.6 Å². The Bertz CT molecular complexity index is 658. The summed E-state index contributed by atoms with van der Waals surface area (Å²) in [4.78, 5) is 0. The maximum absolute atomic E-state index is 5.88. The van der Waals surface area contributed by atoms with Crippen molar-refractivity contribution in [2.75, 3.05) is 6.61 Å². The van der Waals surface area contributed by atoms with Gasteiger partial charge >= 0.3 is 0 Å². The summed E-state index contributed by atoms with van der Waals surface area (Å²) < 4.78 is 7.75. The molecule has 0 saturated heterocycles. The lowest BCUT2D eigenvalue weighted by Gasteiger charge is -2.10. The molecular formula is C16H21N3O. The second-order valence-corrected chi connectivity index (χ2v) is 5.29. The van der Waals surface area contributed by atoms with Gasteiger partial charge in [-0.25, -0.2) is 0 Å². The molecule has 0 bridgehead atoms. The standard InChI is InChI=1S/C16H21N3O/c1-4-19-11(3)15(10(2)18-19)13-7-12-5-6-20-16(12)14(8-13)9-17/h7-8H,4-6,9,17H2,1-3H3. The Morgan fingerprint density at radius 1 is 1.35 bits per heavy atom. The Morgan fingerprint density at radius 3 is 2.80 bits per heavy atom. The van der Waals surface area contributed by atoms with E-state index < -0.39 is 0 Å². The molecule has 0 fully saturated rings. The molecule has 2 aromatic rings. The predicted octanol–water partition coefficient (Wildman–Crippen LogP) is 2.58. The zero-order valence-electron chi connectivity index (χ0n) is 12.4. The van der Waals surface area contributed by atoms with Crippen molar-refractivity contribution < 1.29 is 4.74 Å². The number of hydrogen-bond donors (Lipinski definition) is 1. The van der Waals surface area contributed by atoms with E-state index >= 15 is 0 Å².